The van der Waals surface area contributed by atoms with E-state index >= 15 is 0 Å². The number of nitrogens with one attached hydrogen (secondary N) is 1. The number of hydrogen-bond acceptors (Lipinski definition) is 3. The van der Waals surface area contributed by atoms with Crippen LogP contribution in [0, 0.1) is 0 Å². The molecule has 0 saturated carbocycles. The lowest BCUT2D eigenvalue weighted by atomic mass is 10.1. The molecule has 0 atom stereocenters. The summed E-state index contributed by atoms with van der Waals surface area (Å²) in [5.74, 6) is -0.222. The first-order valence-electron chi connectivity index (χ1n) is 9.69. The van der Waals surface area contributed by atoms with Crippen molar-refractivity contribution in [2.75, 3.05) is 37.4 Å². The molecule has 2 aromatic carbocycles. The van der Waals surface area contributed by atoms with Crippen LogP contribution in [0.5, 0.6) is 0 Å². The van der Waals surface area contributed by atoms with Gasteiger partial charge in [0, 0.05) is 50.2 Å². The van der Waals surface area contributed by atoms with Crippen molar-refractivity contribution >= 4 is 29.3 Å². The second kappa shape index (κ2) is 9.22. The molecule has 5 nitrogen and oxygen atoms in total. The summed E-state index contributed by atoms with van der Waals surface area (Å²) in [6, 6.07) is 15.2. The number of nitrogens with zero attached hydrogens (tertiary/aromatic N) is 2. The highest BCUT2D eigenvalue weighted by Crippen LogP contribution is 2.21. The summed E-state index contributed by atoms with van der Waals surface area (Å²) in [4.78, 5) is 28.0. The lowest BCUT2D eigenvalue weighted by Gasteiger charge is -2.28. The molecule has 1 saturated heterocycles. The Hall–Kier alpha value is -3.08. The molecule has 1 aliphatic heterocycles. The Bertz CT molecular complexity index is 833. The average molecular weight is 377 g/mol. The largest absolute Gasteiger partial charge is 0.372 e. The van der Waals surface area contributed by atoms with Gasteiger partial charge in [0.25, 0.3) is 5.91 Å². The van der Waals surface area contributed by atoms with E-state index in [1.165, 1.54) is 35.9 Å². The highest BCUT2D eigenvalue weighted by molar-refractivity contribution is 6.02. The van der Waals surface area contributed by atoms with Gasteiger partial charge in [-0.1, -0.05) is 12.1 Å². The number of amides is 2. The number of anilines is 2. The Labute approximate surface area is 166 Å². The highest BCUT2D eigenvalue weighted by atomic mass is 16.2. The zero-order valence-corrected chi connectivity index (χ0v) is 16.5. The van der Waals surface area contributed by atoms with Crippen LogP contribution >= 0.6 is 0 Å². The van der Waals surface area contributed by atoms with E-state index in [1.807, 2.05) is 24.3 Å². The molecule has 2 amide bonds. The first kappa shape index (κ1) is 19.7. The summed E-state index contributed by atoms with van der Waals surface area (Å²) in [7, 11) is 3.44. The second-order valence-corrected chi connectivity index (χ2v) is 7.24. The predicted octanol–water partition coefficient (Wildman–Crippen LogP) is 4.03. The van der Waals surface area contributed by atoms with Gasteiger partial charge < -0.3 is 15.1 Å². The monoisotopic (exact) mass is 377 g/mol. The Morgan fingerprint density at radius 1 is 0.929 bits per heavy atom. The van der Waals surface area contributed by atoms with E-state index in [0.29, 0.717) is 5.56 Å². The van der Waals surface area contributed by atoms with Gasteiger partial charge >= 0.3 is 0 Å². The van der Waals surface area contributed by atoms with Crippen LogP contribution in [-0.4, -0.2) is 43.9 Å². The zero-order valence-electron chi connectivity index (χ0n) is 16.5. The molecule has 28 heavy (non-hydrogen) atoms. The summed E-state index contributed by atoms with van der Waals surface area (Å²) in [5, 5.41) is 2.88. The molecule has 2 aromatic rings. The molecular formula is C23H27N3O2. The molecule has 1 aliphatic rings. The second-order valence-electron chi connectivity index (χ2n) is 7.24. The topological polar surface area (TPSA) is 52.7 Å². The van der Waals surface area contributed by atoms with Gasteiger partial charge in [0.05, 0.1) is 0 Å². The average Bonchev–Trinajstić information content (AvgIpc) is 2.73. The SMILES string of the molecule is CN(C)C(=O)c1ccc(/C=C/C(=O)Nc2ccc(N3CCCCC3)cc2)cc1. The molecule has 0 aromatic heterocycles. The minimum Gasteiger partial charge on any atom is -0.372 e. The van der Waals surface area contributed by atoms with Crippen LogP contribution in [0.1, 0.15) is 35.2 Å². The first-order valence-corrected chi connectivity index (χ1v) is 9.69. The molecule has 0 bridgehead atoms. The van der Waals surface area contributed by atoms with E-state index in [-0.39, 0.29) is 11.8 Å². The third-order valence-corrected chi connectivity index (χ3v) is 4.85. The fraction of sp³-hybridized carbons (Fsp3) is 0.304. The van der Waals surface area contributed by atoms with Crippen molar-refractivity contribution in [3.63, 3.8) is 0 Å². The van der Waals surface area contributed by atoms with Crippen LogP contribution in [0.2, 0.25) is 0 Å². The van der Waals surface area contributed by atoms with Crippen LogP contribution in [-0.2, 0) is 4.79 Å². The molecule has 0 unspecified atom stereocenters. The van der Waals surface area contributed by atoms with Crippen molar-refractivity contribution in [2.45, 2.75) is 19.3 Å². The molecule has 0 radical (unpaired) electrons. The fourth-order valence-electron chi connectivity index (χ4n) is 3.26. The minimum absolute atomic E-state index is 0.0405. The standard InChI is InChI=1S/C23H27N3O2/c1-25(2)23(28)19-9-6-18(7-10-19)8-15-22(27)24-20-11-13-21(14-12-20)26-16-4-3-5-17-26/h6-15H,3-5,16-17H2,1-2H3,(H,24,27)/b15-8+. The van der Waals surface area contributed by atoms with Gasteiger partial charge in [0.1, 0.15) is 0 Å². The number of rotatable bonds is 5. The van der Waals surface area contributed by atoms with Crippen molar-refractivity contribution in [2.24, 2.45) is 0 Å². The summed E-state index contributed by atoms with van der Waals surface area (Å²) >= 11 is 0. The van der Waals surface area contributed by atoms with E-state index in [0.717, 1.165) is 24.3 Å². The van der Waals surface area contributed by atoms with E-state index in [9.17, 15) is 9.59 Å². The molecule has 1 heterocycles. The first-order chi connectivity index (χ1) is 13.5. The third-order valence-electron chi connectivity index (χ3n) is 4.85. The van der Waals surface area contributed by atoms with Crippen molar-refractivity contribution < 1.29 is 9.59 Å². The van der Waals surface area contributed by atoms with Crippen molar-refractivity contribution in [1.82, 2.24) is 4.90 Å². The molecule has 5 heteroatoms. The smallest absolute Gasteiger partial charge is 0.253 e. The Balaban J connectivity index is 1.55. The summed E-state index contributed by atoms with van der Waals surface area (Å²) in [6.07, 6.45) is 7.04. The minimum atomic E-state index is -0.181. The van der Waals surface area contributed by atoms with Crippen molar-refractivity contribution in [3.8, 4) is 0 Å². The summed E-state index contributed by atoms with van der Waals surface area (Å²) in [5.41, 5.74) is 3.48. The van der Waals surface area contributed by atoms with Gasteiger partial charge in [-0.3, -0.25) is 9.59 Å². The van der Waals surface area contributed by atoms with Gasteiger partial charge in [-0.05, 0) is 67.3 Å². The Kier molecular flexibility index (Phi) is 6.48. The molecule has 3 rings (SSSR count). The zero-order chi connectivity index (χ0) is 19.9. The normalized spacial score (nSPS) is 14.1. The highest BCUT2D eigenvalue weighted by Gasteiger charge is 2.10. The molecule has 0 aliphatic carbocycles. The molecule has 1 N–H and O–H groups in total. The molecule has 1 fully saturated rings. The van der Waals surface area contributed by atoms with Gasteiger partial charge in [-0.2, -0.15) is 0 Å². The maximum absolute atomic E-state index is 12.2. The number of carbonyl (C=O) groups is 2. The van der Waals surface area contributed by atoms with Gasteiger partial charge in [0.15, 0.2) is 0 Å². The summed E-state index contributed by atoms with van der Waals surface area (Å²) < 4.78 is 0. The number of benzene rings is 2. The van der Waals surface area contributed by atoms with Crippen LogP contribution in [0.3, 0.4) is 0 Å². The Morgan fingerprint density at radius 2 is 1.57 bits per heavy atom. The number of hydrogen-bond donors (Lipinski definition) is 1. The van der Waals surface area contributed by atoms with Crippen molar-refractivity contribution in [3.05, 3.63) is 65.7 Å². The Morgan fingerprint density at radius 3 is 2.18 bits per heavy atom. The molecular weight excluding hydrogens is 350 g/mol. The van der Waals surface area contributed by atoms with E-state index in [4.69, 9.17) is 0 Å². The summed E-state index contributed by atoms with van der Waals surface area (Å²) in [6.45, 7) is 2.21. The van der Waals surface area contributed by atoms with Crippen LogP contribution in [0.15, 0.2) is 54.6 Å². The van der Waals surface area contributed by atoms with Crippen LogP contribution in [0.25, 0.3) is 6.08 Å². The van der Waals surface area contributed by atoms with E-state index in [2.05, 4.69) is 22.3 Å². The molecule has 146 valence electrons. The predicted molar refractivity (Wildman–Crippen MR) is 115 cm³/mol. The van der Waals surface area contributed by atoms with Gasteiger partial charge in [-0.25, -0.2) is 0 Å². The maximum Gasteiger partial charge on any atom is 0.253 e. The van der Waals surface area contributed by atoms with Crippen LogP contribution in [0.4, 0.5) is 11.4 Å². The van der Waals surface area contributed by atoms with Crippen molar-refractivity contribution in [1.29, 1.82) is 0 Å². The van der Waals surface area contributed by atoms with Crippen LogP contribution < -0.4 is 10.2 Å². The van der Waals surface area contributed by atoms with Gasteiger partial charge in [-0.15, -0.1) is 0 Å². The van der Waals surface area contributed by atoms with E-state index < -0.39 is 0 Å². The van der Waals surface area contributed by atoms with Gasteiger partial charge in [0.2, 0.25) is 5.91 Å². The third kappa shape index (κ3) is 5.22. The lowest BCUT2D eigenvalue weighted by molar-refractivity contribution is -0.111. The lowest BCUT2D eigenvalue weighted by Crippen LogP contribution is -2.29. The fourth-order valence-corrected chi connectivity index (χ4v) is 3.26. The van der Waals surface area contributed by atoms with E-state index in [1.54, 1.807) is 32.3 Å². The maximum atomic E-state index is 12.2. The molecule has 0 spiro atoms. The number of piperidine rings is 1. The quantitative estimate of drug-likeness (QED) is 0.801. The number of carbonyl (C=O) groups excluding carboxylic acids is 2.